The van der Waals surface area contributed by atoms with Crippen LogP contribution in [0.25, 0.3) is 5.69 Å². The van der Waals surface area contributed by atoms with Crippen molar-refractivity contribution in [3.8, 4) is 17.2 Å². The van der Waals surface area contributed by atoms with Crippen LogP contribution < -0.4 is 14.8 Å². The second kappa shape index (κ2) is 9.32. The molecule has 0 saturated carbocycles. The number of benzene rings is 1. The highest BCUT2D eigenvalue weighted by Crippen LogP contribution is 2.33. The Balaban J connectivity index is 1.50. The number of hydrogen-bond acceptors (Lipinski definition) is 5. The van der Waals surface area contributed by atoms with Crippen LogP contribution in [0.4, 0.5) is 0 Å². The van der Waals surface area contributed by atoms with E-state index in [1.165, 1.54) is 0 Å². The zero-order valence-corrected chi connectivity index (χ0v) is 18.9. The molecule has 0 radical (unpaired) electrons. The quantitative estimate of drug-likeness (QED) is 0.768. The van der Waals surface area contributed by atoms with Gasteiger partial charge in [0.05, 0.1) is 18.8 Å². The summed E-state index contributed by atoms with van der Waals surface area (Å²) in [6.45, 7) is 13.5. The average Bonchev–Trinajstić information content (AvgIpc) is 3.08. The maximum Gasteiger partial charge on any atom is 0.253 e. The first-order chi connectivity index (χ1) is 15.0. The third-order valence-electron chi connectivity index (χ3n) is 6.22. The van der Waals surface area contributed by atoms with E-state index in [0.29, 0.717) is 37.3 Å². The molecular formula is C24H33N3O4. The van der Waals surface area contributed by atoms with Gasteiger partial charge in [-0.3, -0.25) is 9.69 Å². The number of nitrogens with one attached hydrogen (secondary N) is 1. The van der Waals surface area contributed by atoms with E-state index in [1.807, 2.05) is 38.1 Å². The van der Waals surface area contributed by atoms with Gasteiger partial charge in [-0.05, 0) is 38.0 Å². The van der Waals surface area contributed by atoms with E-state index in [9.17, 15) is 4.79 Å². The van der Waals surface area contributed by atoms with E-state index < -0.39 is 0 Å². The van der Waals surface area contributed by atoms with Crippen molar-refractivity contribution in [2.24, 2.45) is 5.92 Å². The lowest BCUT2D eigenvalue weighted by Crippen LogP contribution is -2.51. The number of morpholine rings is 1. The Morgan fingerprint density at radius 1 is 1.03 bits per heavy atom. The molecule has 1 saturated heterocycles. The van der Waals surface area contributed by atoms with Crippen LogP contribution in [0, 0.1) is 19.8 Å². The van der Waals surface area contributed by atoms with Crippen molar-refractivity contribution in [3.05, 3.63) is 41.2 Å². The fourth-order valence-corrected chi connectivity index (χ4v) is 4.55. The van der Waals surface area contributed by atoms with Crippen molar-refractivity contribution in [3.63, 3.8) is 0 Å². The Labute approximate surface area is 184 Å². The van der Waals surface area contributed by atoms with Crippen molar-refractivity contribution < 1.29 is 19.0 Å². The molecule has 2 aliphatic rings. The van der Waals surface area contributed by atoms with E-state index in [-0.39, 0.29) is 5.91 Å². The molecule has 0 bridgehead atoms. The molecule has 1 N–H and O–H groups in total. The predicted octanol–water partition coefficient (Wildman–Crippen LogP) is 2.95. The van der Waals surface area contributed by atoms with Crippen LogP contribution in [-0.4, -0.2) is 67.5 Å². The number of nitrogens with zero attached hydrogens (tertiary/aromatic N) is 2. The van der Waals surface area contributed by atoms with Gasteiger partial charge < -0.3 is 24.1 Å². The summed E-state index contributed by atoms with van der Waals surface area (Å²) in [5, 5.41) is 3.18. The van der Waals surface area contributed by atoms with Crippen LogP contribution in [0.1, 0.15) is 35.6 Å². The summed E-state index contributed by atoms with van der Waals surface area (Å²) in [7, 11) is 0. The Morgan fingerprint density at radius 3 is 2.45 bits per heavy atom. The van der Waals surface area contributed by atoms with Gasteiger partial charge in [-0.25, -0.2) is 0 Å². The lowest BCUT2D eigenvalue weighted by atomic mass is 10.0. The molecule has 31 heavy (non-hydrogen) atoms. The Hall–Kier alpha value is -2.51. The molecule has 2 aliphatic heterocycles. The first-order valence-corrected chi connectivity index (χ1v) is 11.1. The predicted molar refractivity (Wildman–Crippen MR) is 120 cm³/mol. The number of hydrogen-bond donors (Lipinski definition) is 1. The Morgan fingerprint density at radius 2 is 1.74 bits per heavy atom. The van der Waals surface area contributed by atoms with Gasteiger partial charge in [-0.15, -0.1) is 0 Å². The van der Waals surface area contributed by atoms with Gasteiger partial charge in [0.1, 0.15) is 13.2 Å². The second-order valence-corrected chi connectivity index (χ2v) is 8.62. The van der Waals surface area contributed by atoms with Gasteiger partial charge in [0.25, 0.3) is 5.91 Å². The maximum absolute atomic E-state index is 13.1. The number of rotatable bonds is 6. The van der Waals surface area contributed by atoms with Crippen molar-refractivity contribution in [2.75, 3.05) is 46.1 Å². The minimum absolute atomic E-state index is 0.0317. The molecule has 7 nitrogen and oxygen atoms in total. The second-order valence-electron chi connectivity index (χ2n) is 8.62. The standard InChI is InChI=1S/C24H33N3O4/c1-16(2)21(26-7-9-29-10-8-26)15-25-24(28)20-13-17(3)27(18(20)4)19-5-6-22-23(14-19)31-12-11-30-22/h5-6,13-14,16,21H,7-12,15H2,1-4H3,(H,25,28). The summed E-state index contributed by atoms with van der Waals surface area (Å²) in [6, 6.07) is 8.17. The summed E-state index contributed by atoms with van der Waals surface area (Å²) in [5.74, 6) is 1.92. The number of amides is 1. The Bertz CT molecular complexity index is 931. The van der Waals surface area contributed by atoms with Gasteiger partial charge >= 0.3 is 0 Å². The lowest BCUT2D eigenvalue weighted by molar-refractivity contribution is 0.00672. The van der Waals surface area contributed by atoms with Crippen LogP contribution in [0.2, 0.25) is 0 Å². The van der Waals surface area contributed by atoms with E-state index in [4.69, 9.17) is 14.2 Å². The van der Waals surface area contributed by atoms with Crippen molar-refractivity contribution in [1.29, 1.82) is 0 Å². The highest BCUT2D eigenvalue weighted by atomic mass is 16.6. The van der Waals surface area contributed by atoms with Crippen LogP contribution in [-0.2, 0) is 4.74 Å². The normalized spacial score (nSPS) is 17.6. The first kappa shape index (κ1) is 21.7. The molecule has 1 fully saturated rings. The van der Waals surface area contributed by atoms with Crippen molar-refractivity contribution in [1.82, 2.24) is 14.8 Å². The minimum Gasteiger partial charge on any atom is -0.486 e. The highest BCUT2D eigenvalue weighted by Gasteiger charge is 2.25. The topological polar surface area (TPSA) is 65.0 Å². The molecule has 168 valence electrons. The fourth-order valence-electron chi connectivity index (χ4n) is 4.55. The molecule has 7 heteroatoms. The molecular weight excluding hydrogens is 394 g/mol. The summed E-state index contributed by atoms with van der Waals surface area (Å²) in [4.78, 5) is 15.5. The van der Waals surface area contributed by atoms with Gasteiger partial charge in [0.2, 0.25) is 0 Å². The van der Waals surface area contributed by atoms with Gasteiger partial charge in [0.15, 0.2) is 11.5 Å². The maximum atomic E-state index is 13.1. The first-order valence-electron chi connectivity index (χ1n) is 11.1. The fraction of sp³-hybridized carbons (Fsp3) is 0.542. The molecule has 1 atom stereocenters. The SMILES string of the molecule is Cc1cc(C(=O)NCC(C(C)C)N2CCOCC2)c(C)n1-c1ccc2c(c1)OCCO2. The van der Waals surface area contributed by atoms with Gasteiger partial charge in [0, 0.05) is 48.8 Å². The molecule has 1 unspecified atom stereocenters. The summed E-state index contributed by atoms with van der Waals surface area (Å²) in [5.41, 5.74) is 3.59. The third-order valence-corrected chi connectivity index (χ3v) is 6.22. The number of aromatic nitrogens is 1. The molecule has 0 spiro atoms. The van der Waals surface area contributed by atoms with Crippen LogP contribution in [0.5, 0.6) is 11.5 Å². The number of aryl methyl sites for hydroxylation is 1. The van der Waals surface area contributed by atoms with E-state index in [0.717, 1.165) is 54.9 Å². The molecule has 2 aromatic rings. The number of carbonyl (C=O) groups excluding carboxylic acids is 1. The Kier molecular flexibility index (Phi) is 6.53. The summed E-state index contributed by atoms with van der Waals surface area (Å²) < 4.78 is 18.9. The van der Waals surface area contributed by atoms with E-state index in [2.05, 4.69) is 28.6 Å². The van der Waals surface area contributed by atoms with Gasteiger partial charge in [-0.2, -0.15) is 0 Å². The number of ether oxygens (including phenoxy) is 3. The van der Waals surface area contributed by atoms with E-state index >= 15 is 0 Å². The summed E-state index contributed by atoms with van der Waals surface area (Å²) in [6.07, 6.45) is 0. The zero-order valence-electron chi connectivity index (χ0n) is 18.9. The largest absolute Gasteiger partial charge is 0.486 e. The molecule has 1 amide bonds. The zero-order chi connectivity index (χ0) is 22.0. The number of fused-ring (bicyclic) bond motifs is 1. The average molecular weight is 428 g/mol. The van der Waals surface area contributed by atoms with Gasteiger partial charge in [-0.1, -0.05) is 13.8 Å². The summed E-state index contributed by atoms with van der Waals surface area (Å²) >= 11 is 0. The van der Waals surface area contributed by atoms with Crippen molar-refractivity contribution >= 4 is 5.91 Å². The van der Waals surface area contributed by atoms with Crippen LogP contribution in [0.15, 0.2) is 24.3 Å². The smallest absolute Gasteiger partial charge is 0.253 e. The molecule has 0 aliphatic carbocycles. The molecule has 1 aromatic carbocycles. The number of carbonyl (C=O) groups is 1. The monoisotopic (exact) mass is 427 g/mol. The van der Waals surface area contributed by atoms with Crippen molar-refractivity contribution in [2.45, 2.75) is 33.7 Å². The highest BCUT2D eigenvalue weighted by molar-refractivity contribution is 5.96. The molecule has 1 aromatic heterocycles. The van der Waals surface area contributed by atoms with E-state index in [1.54, 1.807) is 0 Å². The lowest BCUT2D eigenvalue weighted by Gasteiger charge is -2.36. The third kappa shape index (κ3) is 4.57. The molecule has 4 rings (SSSR count). The minimum atomic E-state index is -0.0317. The van der Waals surface area contributed by atoms with Crippen LogP contribution >= 0.6 is 0 Å². The van der Waals surface area contributed by atoms with Crippen LogP contribution in [0.3, 0.4) is 0 Å². The molecule has 3 heterocycles.